The van der Waals surface area contributed by atoms with E-state index in [0.29, 0.717) is 17.1 Å². The second kappa shape index (κ2) is 7.09. The van der Waals surface area contributed by atoms with Gasteiger partial charge in [0.2, 0.25) is 0 Å². The molecular weight excluding hydrogens is 274 g/mol. The molecular formula is C16H22ClNO2. The van der Waals surface area contributed by atoms with Gasteiger partial charge in [-0.3, -0.25) is 4.79 Å². The molecule has 0 aromatic heterocycles. The molecule has 110 valence electrons. The minimum atomic E-state index is -0.0171. The van der Waals surface area contributed by atoms with E-state index >= 15 is 0 Å². The van der Waals surface area contributed by atoms with Crippen molar-refractivity contribution in [3.63, 3.8) is 0 Å². The third-order valence-corrected chi connectivity index (χ3v) is 4.12. The van der Waals surface area contributed by atoms with E-state index in [1.165, 1.54) is 6.42 Å². The number of carbonyl (C=O) groups is 1. The molecule has 1 saturated carbocycles. The molecule has 1 aromatic rings. The number of hydrogen-bond acceptors (Lipinski definition) is 2. The van der Waals surface area contributed by atoms with Crippen LogP contribution in [0.2, 0.25) is 5.02 Å². The van der Waals surface area contributed by atoms with E-state index in [2.05, 4.69) is 0 Å². The Morgan fingerprint density at radius 3 is 2.60 bits per heavy atom. The molecule has 0 atom stereocenters. The minimum Gasteiger partial charge on any atom is -0.395 e. The molecule has 4 heteroatoms. The van der Waals surface area contributed by atoms with Crippen molar-refractivity contribution in [1.82, 2.24) is 4.90 Å². The summed E-state index contributed by atoms with van der Waals surface area (Å²) in [4.78, 5) is 14.5. The van der Waals surface area contributed by atoms with Gasteiger partial charge in [-0.05, 0) is 43.5 Å². The molecule has 1 N–H and O–H groups in total. The summed E-state index contributed by atoms with van der Waals surface area (Å²) in [6, 6.07) is 5.67. The molecule has 1 aliphatic rings. The molecule has 1 fully saturated rings. The summed E-state index contributed by atoms with van der Waals surface area (Å²) in [7, 11) is 0. The number of amides is 1. The van der Waals surface area contributed by atoms with Gasteiger partial charge >= 0.3 is 0 Å². The monoisotopic (exact) mass is 295 g/mol. The van der Waals surface area contributed by atoms with Crippen LogP contribution in [-0.4, -0.2) is 35.1 Å². The first-order valence-corrected chi connectivity index (χ1v) is 7.68. The number of hydrogen-bond donors (Lipinski definition) is 1. The first kappa shape index (κ1) is 15.3. The number of aliphatic hydroxyl groups is 1. The van der Waals surface area contributed by atoms with Crippen LogP contribution in [0.3, 0.4) is 0 Å². The molecule has 20 heavy (non-hydrogen) atoms. The summed E-state index contributed by atoms with van der Waals surface area (Å²) >= 11 is 6.04. The molecule has 0 aliphatic heterocycles. The van der Waals surface area contributed by atoms with E-state index in [9.17, 15) is 9.90 Å². The zero-order chi connectivity index (χ0) is 14.5. The van der Waals surface area contributed by atoms with Gasteiger partial charge in [0.15, 0.2) is 0 Å². The number of nitrogens with zero attached hydrogens (tertiary/aromatic N) is 1. The zero-order valence-corrected chi connectivity index (χ0v) is 12.7. The molecule has 0 saturated heterocycles. The molecule has 0 unspecified atom stereocenters. The third kappa shape index (κ3) is 3.74. The van der Waals surface area contributed by atoms with Crippen LogP contribution >= 0.6 is 11.6 Å². The number of aryl methyl sites for hydroxylation is 1. The van der Waals surface area contributed by atoms with Gasteiger partial charge in [-0.2, -0.15) is 0 Å². The van der Waals surface area contributed by atoms with Crippen LogP contribution in [0.5, 0.6) is 0 Å². The van der Waals surface area contributed by atoms with Crippen LogP contribution in [0.4, 0.5) is 0 Å². The largest absolute Gasteiger partial charge is 0.395 e. The van der Waals surface area contributed by atoms with E-state index in [-0.39, 0.29) is 18.6 Å². The number of halogens is 1. The molecule has 1 aliphatic carbocycles. The Morgan fingerprint density at radius 2 is 2.00 bits per heavy atom. The van der Waals surface area contributed by atoms with E-state index in [1.54, 1.807) is 6.07 Å². The summed E-state index contributed by atoms with van der Waals surface area (Å²) in [6.45, 7) is 2.33. The first-order valence-electron chi connectivity index (χ1n) is 7.31. The standard InChI is InChI=1S/C16H22ClNO2/c1-12-9-13(11-14(17)10-12)16(20)18(7-8-19)15-5-3-2-4-6-15/h9-11,15,19H,2-8H2,1H3. The topological polar surface area (TPSA) is 40.5 Å². The predicted octanol–water partition coefficient (Wildman–Crippen LogP) is 3.42. The van der Waals surface area contributed by atoms with Crippen molar-refractivity contribution in [2.75, 3.05) is 13.2 Å². The normalized spacial score (nSPS) is 16.1. The highest BCUT2D eigenvalue weighted by Crippen LogP contribution is 2.25. The van der Waals surface area contributed by atoms with Crippen molar-refractivity contribution in [2.45, 2.75) is 45.1 Å². The van der Waals surface area contributed by atoms with Gasteiger partial charge in [0.1, 0.15) is 0 Å². The maximum Gasteiger partial charge on any atom is 0.254 e. The number of carbonyl (C=O) groups excluding carboxylic acids is 1. The fourth-order valence-corrected chi connectivity index (χ4v) is 3.27. The van der Waals surface area contributed by atoms with E-state index in [1.807, 2.05) is 24.0 Å². The number of rotatable bonds is 4. The Kier molecular flexibility index (Phi) is 5.44. The highest BCUT2D eigenvalue weighted by atomic mass is 35.5. The van der Waals surface area contributed by atoms with E-state index < -0.39 is 0 Å². The molecule has 0 spiro atoms. The lowest BCUT2D eigenvalue weighted by Gasteiger charge is -2.34. The molecule has 0 heterocycles. The molecule has 0 radical (unpaired) electrons. The van der Waals surface area contributed by atoms with Gasteiger partial charge in [-0.15, -0.1) is 0 Å². The Morgan fingerprint density at radius 1 is 1.30 bits per heavy atom. The Hall–Kier alpha value is -1.06. The Labute approximate surface area is 125 Å². The fraction of sp³-hybridized carbons (Fsp3) is 0.562. The van der Waals surface area contributed by atoms with Gasteiger partial charge in [-0.25, -0.2) is 0 Å². The fourth-order valence-electron chi connectivity index (χ4n) is 2.98. The van der Waals surface area contributed by atoms with E-state index in [4.69, 9.17) is 11.6 Å². The summed E-state index contributed by atoms with van der Waals surface area (Å²) in [5, 5.41) is 9.84. The molecule has 1 amide bonds. The smallest absolute Gasteiger partial charge is 0.254 e. The van der Waals surface area contributed by atoms with Crippen molar-refractivity contribution < 1.29 is 9.90 Å². The molecule has 1 aromatic carbocycles. The van der Waals surface area contributed by atoms with Crippen LogP contribution in [0.15, 0.2) is 18.2 Å². The van der Waals surface area contributed by atoms with Crippen LogP contribution in [-0.2, 0) is 0 Å². The average Bonchev–Trinajstić information content (AvgIpc) is 2.44. The highest BCUT2D eigenvalue weighted by molar-refractivity contribution is 6.31. The van der Waals surface area contributed by atoms with Gasteiger partial charge in [0.25, 0.3) is 5.91 Å². The number of aliphatic hydroxyl groups excluding tert-OH is 1. The number of benzene rings is 1. The van der Waals surface area contributed by atoms with Gasteiger partial charge < -0.3 is 10.0 Å². The Balaban J connectivity index is 2.20. The molecule has 2 rings (SSSR count). The van der Waals surface area contributed by atoms with Gasteiger partial charge in [0, 0.05) is 23.2 Å². The predicted molar refractivity (Wildman–Crippen MR) is 81.2 cm³/mol. The third-order valence-electron chi connectivity index (χ3n) is 3.91. The summed E-state index contributed by atoms with van der Waals surface area (Å²) in [6.07, 6.45) is 5.63. The SMILES string of the molecule is Cc1cc(Cl)cc(C(=O)N(CCO)C2CCCCC2)c1. The average molecular weight is 296 g/mol. The zero-order valence-electron chi connectivity index (χ0n) is 11.9. The lowest BCUT2D eigenvalue weighted by atomic mass is 9.93. The molecule has 3 nitrogen and oxygen atoms in total. The second-order valence-electron chi connectivity index (χ2n) is 5.53. The van der Waals surface area contributed by atoms with Gasteiger partial charge in [-0.1, -0.05) is 30.9 Å². The summed E-state index contributed by atoms with van der Waals surface area (Å²) in [5.74, 6) is -0.0171. The van der Waals surface area contributed by atoms with Crippen molar-refractivity contribution in [3.05, 3.63) is 34.3 Å². The summed E-state index contributed by atoms with van der Waals surface area (Å²) < 4.78 is 0. The lowest BCUT2D eigenvalue weighted by Crippen LogP contribution is -2.43. The van der Waals surface area contributed by atoms with Crippen molar-refractivity contribution in [2.24, 2.45) is 0 Å². The maximum atomic E-state index is 12.7. The first-order chi connectivity index (χ1) is 9.61. The minimum absolute atomic E-state index is 0.00177. The van der Waals surface area contributed by atoms with Crippen molar-refractivity contribution in [1.29, 1.82) is 0 Å². The van der Waals surface area contributed by atoms with Crippen LogP contribution in [0.25, 0.3) is 0 Å². The van der Waals surface area contributed by atoms with Crippen LogP contribution in [0.1, 0.15) is 48.0 Å². The van der Waals surface area contributed by atoms with Gasteiger partial charge in [0.05, 0.1) is 6.61 Å². The Bertz CT molecular complexity index is 449. The van der Waals surface area contributed by atoms with Crippen LogP contribution in [0, 0.1) is 6.92 Å². The lowest BCUT2D eigenvalue weighted by molar-refractivity contribution is 0.0585. The maximum absolute atomic E-state index is 12.7. The second-order valence-corrected chi connectivity index (χ2v) is 5.97. The van der Waals surface area contributed by atoms with Crippen molar-refractivity contribution in [3.8, 4) is 0 Å². The van der Waals surface area contributed by atoms with Crippen molar-refractivity contribution >= 4 is 17.5 Å². The summed E-state index contributed by atoms with van der Waals surface area (Å²) in [5.41, 5.74) is 1.60. The van der Waals surface area contributed by atoms with E-state index in [0.717, 1.165) is 31.2 Å². The quantitative estimate of drug-likeness (QED) is 0.924. The highest BCUT2D eigenvalue weighted by Gasteiger charge is 2.26. The van der Waals surface area contributed by atoms with Crippen LogP contribution < -0.4 is 0 Å². The molecule has 0 bridgehead atoms.